The van der Waals surface area contributed by atoms with Crippen LogP contribution >= 0.6 is 0 Å². The number of nitrogens with one attached hydrogen (secondary N) is 1. The molecule has 1 unspecified atom stereocenters. The molecule has 270 valence electrons. The SMILES string of the molecule is CN(C)C(=O)/C=C/CNC1(COc2ccc(/C(=C(/CC(F)(F)F)c3ccccc3)c3ccc4c(c3)c(F)nn4C3CCCCO3)cn2)CCCC1. The Balaban J connectivity index is 1.33. The third-order valence-corrected chi connectivity index (χ3v) is 9.56. The maximum Gasteiger partial charge on any atom is 0.393 e. The molecule has 12 heteroatoms. The number of rotatable bonds is 12. The van der Waals surface area contributed by atoms with Crippen LogP contribution in [0.15, 0.2) is 79.0 Å². The van der Waals surface area contributed by atoms with Gasteiger partial charge < -0.3 is 19.7 Å². The van der Waals surface area contributed by atoms with Crippen LogP contribution in [0, 0.1) is 5.95 Å². The number of carbonyl (C=O) groups excluding carboxylic acids is 1. The first-order valence-corrected chi connectivity index (χ1v) is 17.4. The number of pyridine rings is 1. The Morgan fingerprint density at radius 1 is 1.04 bits per heavy atom. The van der Waals surface area contributed by atoms with Crippen molar-refractivity contribution in [3.63, 3.8) is 0 Å². The monoisotopic (exact) mass is 705 g/mol. The van der Waals surface area contributed by atoms with Gasteiger partial charge in [-0.3, -0.25) is 4.79 Å². The lowest BCUT2D eigenvalue weighted by Crippen LogP contribution is -2.48. The Morgan fingerprint density at radius 2 is 1.80 bits per heavy atom. The van der Waals surface area contributed by atoms with Gasteiger partial charge in [0.25, 0.3) is 0 Å². The summed E-state index contributed by atoms with van der Waals surface area (Å²) in [4.78, 5) is 18.0. The maximum atomic E-state index is 15.4. The van der Waals surface area contributed by atoms with E-state index in [1.54, 1.807) is 80.8 Å². The van der Waals surface area contributed by atoms with E-state index in [1.807, 2.05) is 0 Å². The van der Waals surface area contributed by atoms with Crippen molar-refractivity contribution in [3.05, 3.63) is 102 Å². The first-order valence-electron chi connectivity index (χ1n) is 17.4. The summed E-state index contributed by atoms with van der Waals surface area (Å²) < 4.78 is 71.8. The Morgan fingerprint density at radius 3 is 2.47 bits per heavy atom. The van der Waals surface area contributed by atoms with Crippen LogP contribution in [0.2, 0.25) is 0 Å². The molecule has 3 heterocycles. The molecule has 4 aromatic rings. The first kappa shape index (κ1) is 36.2. The minimum atomic E-state index is -4.52. The molecule has 1 aliphatic carbocycles. The molecular weight excluding hydrogens is 662 g/mol. The van der Waals surface area contributed by atoms with Gasteiger partial charge in [-0.05, 0) is 72.6 Å². The van der Waals surface area contributed by atoms with Crippen molar-refractivity contribution >= 4 is 28.0 Å². The van der Waals surface area contributed by atoms with Gasteiger partial charge in [-0.15, -0.1) is 5.10 Å². The number of hydrogen-bond donors (Lipinski definition) is 1. The van der Waals surface area contributed by atoms with E-state index in [-0.39, 0.29) is 28.0 Å². The Labute approximate surface area is 295 Å². The predicted octanol–water partition coefficient (Wildman–Crippen LogP) is 8.11. The van der Waals surface area contributed by atoms with Crippen LogP contribution in [0.25, 0.3) is 22.0 Å². The number of carbonyl (C=O) groups is 1. The zero-order valence-corrected chi connectivity index (χ0v) is 28.9. The molecule has 1 saturated carbocycles. The van der Waals surface area contributed by atoms with E-state index in [1.165, 1.54) is 21.9 Å². The number of nitrogens with zero attached hydrogens (tertiary/aromatic N) is 4. The topological polar surface area (TPSA) is 81.5 Å². The molecule has 1 N–H and O–H groups in total. The normalized spacial score (nSPS) is 18.3. The predicted molar refractivity (Wildman–Crippen MR) is 188 cm³/mol. The number of amides is 1. The molecule has 0 radical (unpaired) electrons. The lowest BCUT2D eigenvalue weighted by Gasteiger charge is -2.29. The van der Waals surface area contributed by atoms with Gasteiger partial charge in [0.15, 0.2) is 6.23 Å². The number of alkyl halides is 3. The molecule has 0 spiro atoms. The third-order valence-electron chi connectivity index (χ3n) is 9.56. The number of allylic oxidation sites excluding steroid dienone is 1. The van der Waals surface area contributed by atoms with Crippen molar-refractivity contribution in [2.45, 2.75) is 69.3 Å². The molecule has 2 aromatic heterocycles. The minimum absolute atomic E-state index is 0.0382. The molecule has 2 aromatic carbocycles. The number of fused-ring (bicyclic) bond motifs is 1. The molecule has 8 nitrogen and oxygen atoms in total. The molecule has 1 atom stereocenters. The Bertz CT molecular complexity index is 1860. The number of likely N-dealkylation sites (N-methyl/N-ethyl adjacent to an activating group) is 1. The van der Waals surface area contributed by atoms with Gasteiger partial charge in [0.05, 0.1) is 22.9 Å². The van der Waals surface area contributed by atoms with Gasteiger partial charge in [-0.1, -0.05) is 55.3 Å². The highest BCUT2D eigenvalue weighted by atomic mass is 19.4. The summed E-state index contributed by atoms with van der Waals surface area (Å²) in [6.07, 6.45) is 5.12. The number of aromatic nitrogens is 3. The van der Waals surface area contributed by atoms with Crippen molar-refractivity contribution in [1.82, 2.24) is 25.0 Å². The van der Waals surface area contributed by atoms with Crippen LogP contribution < -0.4 is 10.1 Å². The molecule has 1 aliphatic heterocycles. The fourth-order valence-corrected chi connectivity index (χ4v) is 6.92. The summed E-state index contributed by atoms with van der Waals surface area (Å²) in [7, 11) is 3.40. The van der Waals surface area contributed by atoms with Gasteiger partial charge in [0, 0.05) is 51.1 Å². The van der Waals surface area contributed by atoms with Crippen molar-refractivity contribution in [3.8, 4) is 5.88 Å². The third kappa shape index (κ3) is 8.85. The van der Waals surface area contributed by atoms with E-state index in [0.29, 0.717) is 54.3 Å². The summed E-state index contributed by atoms with van der Waals surface area (Å²) in [6, 6.07) is 16.7. The Hall–Kier alpha value is -4.55. The summed E-state index contributed by atoms with van der Waals surface area (Å²) >= 11 is 0. The van der Waals surface area contributed by atoms with Crippen molar-refractivity contribution < 1.29 is 31.8 Å². The zero-order chi connectivity index (χ0) is 36.0. The second-order valence-electron chi connectivity index (χ2n) is 13.5. The molecule has 2 aliphatic rings. The smallest absolute Gasteiger partial charge is 0.393 e. The lowest BCUT2D eigenvalue weighted by molar-refractivity contribution is -0.124. The second kappa shape index (κ2) is 15.8. The summed E-state index contributed by atoms with van der Waals surface area (Å²) in [5.41, 5.74) is 1.76. The first-order chi connectivity index (χ1) is 24.5. The van der Waals surface area contributed by atoms with E-state index in [2.05, 4.69) is 15.4 Å². The molecule has 1 saturated heterocycles. The second-order valence-corrected chi connectivity index (χ2v) is 13.5. The van der Waals surface area contributed by atoms with Gasteiger partial charge in [-0.2, -0.15) is 17.6 Å². The quantitative estimate of drug-likeness (QED) is 0.0912. The summed E-state index contributed by atoms with van der Waals surface area (Å²) in [5, 5.41) is 7.87. The average molecular weight is 706 g/mol. The number of halogens is 4. The van der Waals surface area contributed by atoms with E-state index >= 15 is 4.39 Å². The van der Waals surface area contributed by atoms with E-state index in [9.17, 15) is 18.0 Å². The minimum Gasteiger partial charge on any atom is -0.476 e. The van der Waals surface area contributed by atoms with Gasteiger partial charge in [0.2, 0.25) is 17.7 Å². The van der Waals surface area contributed by atoms with Crippen molar-refractivity contribution in [2.75, 3.05) is 33.9 Å². The average Bonchev–Trinajstić information content (AvgIpc) is 3.74. The van der Waals surface area contributed by atoms with E-state index < -0.39 is 24.8 Å². The van der Waals surface area contributed by atoms with Gasteiger partial charge in [0.1, 0.15) is 6.61 Å². The standard InChI is InChI=1S/C39H43F4N5O3/c1-47(2)34(49)13-10-21-45-38(19-7-8-20-38)26-51-33-18-16-29(25-44-33)36(31(24-39(41,42)43)27-11-4-3-5-12-27)28-15-17-32-30(23-28)37(40)46-48(32)35-14-6-9-22-50-35/h3-5,10-13,15-18,23,25,35,45H,6-9,14,19-22,24,26H2,1-2H3/b13-10+,36-31-. The highest BCUT2D eigenvalue weighted by Crippen LogP contribution is 2.41. The zero-order valence-electron chi connectivity index (χ0n) is 28.9. The van der Waals surface area contributed by atoms with Gasteiger partial charge in [-0.25, -0.2) is 9.67 Å². The van der Waals surface area contributed by atoms with Crippen molar-refractivity contribution in [2.24, 2.45) is 0 Å². The largest absolute Gasteiger partial charge is 0.476 e. The fraction of sp³-hybridized carbons (Fsp3) is 0.410. The maximum absolute atomic E-state index is 15.4. The Kier molecular flexibility index (Phi) is 11.2. The highest BCUT2D eigenvalue weighted by Gasteiger charge is 2.35. The van der Waals surface area contributed by atoms with Crippen LogP contribution in [0.4, 0.5) is 17.6 Å². The van der Waals surface area contributed by atoms with E-state index in [4.69, 9.17) is 9.47 Å². The molecule has 0 bridgehead atoms. The number of hydrogen-bond acceptors (Lipinski definition) is 6. The van der Waals surface area contributed by atoms with Crippen LogP contribution in [0.3, 0.4) is 0 Å². The molecular formula is C39H43F4N5O3. The van der Waals surface area contributed by atoms with E-state index in [0.717, 1.165) is 38.5 Å². The highest BCUT2D eigenvalue weighted by molar-refractivity contribution is 6.00. The van der Waals surface area contributed by atoms with Gasteiger partial charge >= 0.3 is 6.18 Å². The molecule has 2 fully saturated rings. The fourth-order valence-electron chi connectivity index (χ4n) is 6.92. The van der Waals surface area contributed by atoms with Crippen molar-refractivity contribution in [1.29, 1.82) is 0 Å². The number of benzene rings is 2. The van der Waals surface area contributed by atoms with Crippen LogP contribution in [0.5, 0.6) is 5.88 Å². The summed E-state index contributed by atoms with van der Waals surface area (Å²) in [5.74, 6) is -0.475. The van der Waals surface area contributed by atoms with Crippen LogP contribution in [0.1, 0.15) is 74.3 Å². The van der Waals surface area contributed by atoms with Crippen LogP contribution in [-0.2, 0) is 9.53 Å². The molecule has 1 amide bonds. The number of ether oxygens (including phenoxy) is 2. The van der Waals surface area contributed by atoms with Crippen LogP contribution in [-0.4, -0.2) is 71.1 Å². The summed E-state index contributed by atoms with van der Waals surface area (Å²) in [6.45, 7) is 1.39. The molecule has 6 rings (SSSR count). The lowest BCUT2D eigenvalue weighted by atomic mass is 9.88. The molecule has 51 heavy (non-hydrogen) atoms.